The summed E-state index contributed by atoms with van der Waals surface area (Å²) in [7, 11) is 1.85. The molecule has 2 aromatic rings. The van der Waals surface area contributed by atoms with E-state index < -0.39 is 0 Å². The van der Waals surface area contributed by atoms with Crippen LogP contribution in [0, 0.1) is 11.3 Å². The maximum Gasteiger partial charge on any atom is 0.274 e. The molecule has 1 unspecified atom stereocenters. The summed E-state index contributed by atoms with van der Waals surface area (Å²) < 4.78 is 7.11. The van der Waals surface area contributed by atoms with Crippen LogP contribution in [0.5, 0.6) is 0 Å². The minimum absolute atomic E-state index is 0.173. The number of rotatable bonds is 3. The van der Waals surface area contributed by atoms with Crippen LogP contribution in [0.15, 0.2) is 16.9 Å². The zero-order chi connectivity index (χ0) is 16.6. The number of hydrogen-bond donors (Lipinski definition) is 1. The fourth-order valence-corrected chi connectivity index (χ4v) is 3.15. The first-order valence-electron chi connectivity index (χ1n) is 8.07. The second-order valence-corrected chi connectivity index (χ2v) is 7.44. The Labute approximate surface area is 136 Å². The monoisotopic (exact) mass is 316 g/mol. The summed E-state index contributed by atoms with van der Waals surface area (Å²) in [6.07, 6.45) is 6.43. The summed E-state index contributed by atoms with van der Waals surface area (Å²) in [6, 6.07) is 0. The fraction of sp³-hybridized carbons (Fsp3) is 0.588. The molecular weight excluding hydrogens is 292 g/mol. The third kappa shape index (κ3) is 3.30. The molecule has 0 saturated carbocycles. The van der Waals surface area contributed by atoms with E-state index in [2.05, 4.69) is 36.3 Å². The van der Waals surface area contributed by atoms with Crippen LogP contribution < -0.4 is 5.32 Å². The largest absolute Gasteiger partial charge is 0.360 e. The Morgan fingerprint density at radius 1 is 1.48 bits per heavy atom. The second kappa shape index (κ2) is 5.83. The van der Waals surface area contributed by atoms with E-state index in [9.17, 15) is 4.79 Å². The van der Waals surface area contributed by atoms with Crippen molar-refractivity contribution in [3.63, 3.8) is 0 Å². The molecule has 23 heavy (non-hydrogen) atoms. The molecule has 1 N–H and O–H groups in total. The molecule has 1 aliphatic rings. The van der Waals surface area contributed by atoms with Crippen molar-refractivity contribution in [3.8, 4) is 0 Å². The van der Waals surface area contributed by atoms with Gasteiger partial charge < -0.3 is 9.84 Å². The molecule has 0 radical (unpaired) electrons. The molecule has 0 aliphatic heterocycles. The predicted molar refractivity (Wildman–Crippen MR) is 85.9 cm³/mol. The highest BCUT2D eigenvalue weighted by Crippen LogP contribution is 2.38. The van der Waals surface area contributed by atoms with Gasteiger partial charge in [0.2, 0.25) is 0 Å². The van der Waals surface area contributed by atoms with Crippen LogP contribution in [0.4, 0.5) is 0 Å². The first kappa shape index (κ1) is 15.8. The van der Waals surface area contributed by atoms with Crippen molar-refractivity contribution in [3.05, 3.63) is 35.0 Å². The lowest BCUT2D eigenvalue weighted by atomic mass is 9.71. The lowest BCUT2D eigenvalue weighted by molar-refractivity contribution is 0.0940. The first-order valence-corrected chi connectivity index (χ1v) is 8.07. The van der Waals surface area contributed by atoms with E-state index in [4.69, 9.17) is 4.52 Å². The van der Waals surface area contributed by atoms with Crippen LogP contribution in [-0.4, -0.2) is 20.8 Å². The van der Waals surface area contributed by atoms with E-state index in [-0.39, 0.29) is 11.3 Å². The highest BCUT2D eigenvalue weighted by Gasteiger charge is 2.34. The van der Waals surface area contributed by atoms with Crippen molar-refractivity contribution in [1.29, 1.82) is 0 Å². The van der Waals surface area contributed by atoms with Gasteiger partial charge in [0, 0.05) is 37.3 Å². The van der Waals surface area contributed by atoms with Gasteiger partial charge in [-0.05, 0) is 24.2 Å². The summed E-state index contributed by atoms with van der Waals surface area (Å²) in [5.41, 5.74) is 2.61. The van der Waals surface area contributed by atoms with Gasteiger partial charge in [0.25, 0.3) is 5.91 Å². The number of carbonyl (C=O) groups is 1. The molecule has 0 spiro atoms. The van der Waals surface area contributed by atoms with Gasteiger partial charge in [-0.2, -0.15) is 5.10 Å². The molecule has 6 nitrogen and oxygen atoms in total. The van der Waals surface area contributed by atoms with E-state index in [1.165, 1.54) is 0 Å². The number of aromatic nitrogens is 3. The Morgan fingerprint density at radius 2 is 2.26 bits per heavy atom. The maximum absolute atomic E-state index is 12.5. The van der Waals surface area contributed by atoms with Crippen LogP contribution in [0.1, 0.15) is 54.6 Å². The Morgan fingerprint density at radius 3 is 2.91 bits per heavy atom. The summed E-state index contributed by atoms with van der Waals surface area (Å²) >= 11 is 0. The zero-order valence-electron chi connectivity index (χ0n) is 14.2. The average molecular weight is 316 g/mol. The third-order valence-electron chi connectivity index (χ3n) is 4.69. The first-order chi connectivity index (χ1) is 10.8. The van der Waals surface area contributed by atoms with E-state index in [1.807, 2.05) is 13.2 Å². The number of nitrogens with one attached hydrogen (secondary N) is 1. The molecule has 6 heteroatoms. The number of fused-ring (bicyclic) bond motifs is 1. The molecule has 0 saturated heterocycles. The lowest BCUT2D eigenvalue weighted by Gasteiger charge is -2.33. The van der Waals surface area contributed by atoms with Gasteiger partial charge >= 0.3 is 0 Å². The second-order valence-electron chi connectivity index (χ2n) is 7.44. The number of amides is 1. The van der Waals surface area contributed by atoms with Crippen LogP contribution in [0.3, 0.4) is 0 Å². The fourth-order valence-electron chi connectivity index (χ4n) is 3.15. The van der Waals surface area contributed by atoms with E-state index >= 15 is 0 Å². The normalized spacial score (nSPS) is 17.8. The molecule has 1 amide bonds. The van der Waals surface area contributed by atoms with Gasteiger partial charge in [0.15, 0.2) is 5.69 Å². The smallest absolute Gasteiger partial charge is 0.274 e. The Hall–Kier alpha value is -2.11. The van der Waals surface area contributed by atoms with Crippen LogP contribution in [0.2, 0.25) is 0 Å². The molecule has 2 heterocycles. The minimum Gasteiger partial charge on any atom is -0.360 e. The lowest BCUT2D eigenvalue weighted by Crippen LogP contribution is -2.29. The highest BCUT2D eigenvalue weighted by atomic mass is 16.5. The van der Waals surface area contributed by atoms with E-state index in [1.54, 1.807) is 10.9 Å². The molecule has 3 rings (SSSR count). The Kier molecular flexibility index (Phi) is 4.00. The van der Waals surface area contributed by atoms with Crippen molar-refractivity contribution in [2.24, 2.45) is 18.4 Å². The molecule has 1 atom stereocenters. The molecular formula is C17H24N4O2. The molecule has 0 aromatic carbocycles. The molecule has 2 aromatic heterocycles. The maximum atomic E-state index is 12.5. The minimum atomic E-state index is -0.173. The summed E-state index contributed by atoms with van der Waals surface area (Å²) in [5, 5.41) is 11.0. The highest BCUT2D eigenvalue weighted by molar-refractivity contribution is 5.93. The van der Waals surface area contributed by atoms with Crippen LogP contribution in [0.25, 0.3) is 0 Å². The van der Waals surface area contributed by atoms with Crippen molar-refractivity contribution in [2.45, 2.75) is 46.6 Å². The Balaban J connectivity index is 1.72. The van der Waals surface area contributed by atoms with Crippen LogP contribution >= 0.6 is 0 Å². The van der Waals surface area contributed by atoms with Crippen molar-refractivity contribution < 1.29 is 9.32 Å². The van der Waals surface area contributed by atoms with E-state index in [0.717, 1.165) is 36.1 Å². The van der Waals surface area contributed by atoms with Crippen LogP contribution in [-0.2, 0) is 26.4 Å². The predicted octanol–water partition coefficient (Wildman–Crippen LogP) is 2.49. The van der Waals surface area contributed by atoms with Gasteiger partial charge in [0.1, 0.15) is 5.76 Å². The van der Waals surface area contributed by atoms with Gasteiger partial charge in [-0.3, -0.25) is 9.48 Å². The quantitative estimate of drug-likeness (QED) is 0.944. The number of carbonyl (C=O) groups excluding carboxylic acids is 1. The van der Waals surface area contributed by atoms with Gasteiger partial charge in [0.05, 0.1) is 6.20 Å². The number of aryl methyl sites for hydroxylation is 2. The standard InChI is InChI=1S/C17H24N4O2/c1-17(2,3)12-5-6-14-13(7-12)15(20-23-14)16(22)18-8-11-9-19-21(4)10-11/h9-10,12H,5-8H2,1-4H3,(H,18,22). The van der Waals surface area contributed by atoms with Crippen molar-refractivity contribution >= 4 is 5.91 Å². The average Bonchev–Trinajstić information content (AvgIpc) is 3.09. The van der Waals surface area contributed by atoms with Gasteiger partial charge in [-0.1, -0.05) is 25.9 Å². The summed E-state index contributed by atoms with van der Waals surface area (Å²) in [6.45, 7) is 7.19. The molecule has 124 valence electrons. The van der Waals surface area contributed by atoms with E-state index in [0.29, 0.717) is 18.2 Å². The number of nitrogens with zero attached hydrogens (tertiary/aromatic N) is 3. The van der Waals surface area contributed by atoms with Crippen molar-refractivity contribution in [1.82, 2.24) is 20.3 Å². The third-order valence-corrected chi connectivity index (χ3v) is 4.69. The zero-order valence-corrected chi connectivity index (χ0v) is 14.2. The van der Waals surface area contributed by atoms with Gasteiger partial charge in [-0.15, -0.1) is 0 Å². The SMILES string of the molecule is Cn1cc(CNC(=O)c2noc3c2CC(C(C)(C)C)CC3)cn1. The molecule has 1 aliphatic carbocycles. The van der Waals surface area contributed by atoms with Crippen molar-refractivity contribution in [2.75, 3.05) is 0 Å². The Bertz CT molecular complexity index is 708. The summed E-state index contributed by atoms with van der Waals surface area (Å²) in [5.74, 6) is 1.24. The topological polar surface area (TPSA) is 73.0 Å². The van der Waals surface area contributed by atoms with Gasteiger partial charge in [-0.25, -0.2) is 0 Å². The summed E-state index contributed by atoms with van der Waals surface area (Å²) in [4.78, 5) is 12.5. The molecule has 0 fully saturated rings. The molecule has 0 bridgehead atoms. The number of hydrogen-bond acceptors (Lipinski definition) is 4.